The number of benzene rings is 2. The lowest BCUT2D eigenvalue weighted by Crippen LogP contribution is -2.06. The molecule has 1 atom stereocenters. The molecule has 2 aromatic rings. The lowest BCUT2D eigenvalue weighted by molar-refractivity contribution is 0.177. The van der Waals surface area contributed by atoms with Crippen LogP contribution in [0.5, 0.6) is 0 Å². The standard InChI is InChI=1S/C19H24O/c1-4-15-9-10-17(5-2)18(12-15)19(20)13-16-8-6-7-14(3)11-16/h6-12,19-20H,4-5,13H2,1-3H3. The molecule has 2 aromatic carbocycles. The van der Waals surface area contributed by atoms with Gasteiger partial charge in [-0.3, -0.25) is 0 Å². The molecule has 20 heavy (non-hydrogen) atoms. The van der Waals surface area contributed by atoms with Gasteiger partial charge in [-0.1, -0.05) is 61.9 Å². The van der Waals surface area contributed by atoms with Gasteiger partial charge in [-0.05, 0) is 42.0 Å². The Hall–Kier alpha value is -1.60. The molecule has 0 saturated carbocycles. The molecular weight excluding hydrogens is 244 g/mol. The molecule has 1 N–H and O–H groups in total. The van der Waals surface area contributed by atoms with Gasteiger partial charge in [-0.15, -0.1) is 0 Å². The van der Waals surface area contributed by atoms with Crippen LogP contribution in [0.2, 0.25) is 0 Å². The van der Waals surface area contributed by atoms with E-state index in [1.54, 1.807) is 0 Å². The second-order valence-electron chi connectivity index (χ2n) is 5.45. The Balaban J connectivity index is 2.25. The number of aliphatic hydroxyl groups excluding tert-OH is 1. The molecule has 0 radical (unpaired) electrons. The van der Waals surface area contributed by atoms with Crippen LogP contribution in [0.3, 0.4) is 0 Å². The summed E-state index contributed by atoms with van der Waals surface area (Å²) in [6.07, 6.45) is 2.23. The summed E-state index contributed by atoms with van der Waals surface area (Å²) in [7, 11) is 0. The molecule has 0 amide bonds. The van der Waals surface area contributed by atoms with E-state index in [0.29, 0.717) is 6.42 Å². The van der Waals surface area contributed by atoms with E-state index >= 15 is 0 Å². The topological polar surface area (TPSA) is 20.2 Å². The number of hydrogen-bond donors (Lipinski definition) is 1. The molecule has 1 nitrogen and oxygen atoms in total. The Morgan fingerprint density at radius 3 is 2.40 bits per heavy atom. The first kappa shape index (κ1) is 14.8. The maximum Gasteiger partial charge on any atom is 0.0833 e. The Morgan fingerprint density at radius 1 is 0.950 bits per heavy atom. The van der Waals surface area contributed by atoms with Gasteiger partial charge in [0.25, 0.3) is 0 Å². The number of aliphatic hydroxyl groups is 1. The van der Waals surface area contributed by atoms with Crippen molar-refractivity contribution >= 4 is 0 Å². The van der Waals surface area contributed by atoms with Crippen molar-refractivity contribution < 1.29 is 5.11 Å². The van der Waals surface area contributed by atoms with Crippen LogP contribution in [0.1, 0.15) is 47.8 Å². The highest BCUT2D eigenvalue weighted by Crippen LogP contribution is 2.24. The Labute approximate surface area is 122 Å². The Morgan fingerprint density at radius 2 is 1.75 bits per heavy atom. The van der Waals surface area contributed by atoms with Crippen LogP contribution in [0.25, 0.3) is 0 Å². The third-order valence-electron chi connectivity index (χ3n) is 3.87. The van der Waals surface area contributed by atoms with Crippen LogP contribution < -0.4 is 0 Å². The fourth-order valence-corrected chi connectivity index (χ4v) is 2.67. The van der Waals surface area contributed by atoms with Crippen LogP contribution in [-0.4, -0.2) is 5.11 Å². The van der Waals surface area contributed by atoms with Crippen molar-refractivity contribution in [2.24, 2.45) is 0 Å². The molecule has 0 spiro atoms. The summed E-state index contributed by atoms with van der Waals surface area (Å²) in [6.45, 7) is 6.38. The summed E-state index contributed by atoms with van der Waals surface area (Å²) in [5.74, 6) is 0. The van der Waals surface area contributed by atoms with Gasteiger partial charge in [0.15, 0.2) is 0 Å². The highest BCUT2D eigenvalue weighted by molar-refractivity contribution is 5.35. The molecule has 1 heteroatoms. The van der Waals surface area contributed by atoms with E-state index < -0.39 is 6.10 Å². The van der Waals surface area contributed by atoms with Gasteiger partial charge in [0.1, 0.15) is 0 Å². The molecule has 0 heterocycles. The summed E-state index contributed by atoms with van der Waals surface area (Å²) in [5.41, 5.74) is 6.07. The van der Waals surface area contributed by atoms with Crippen molar-refractivity contribution in [1.82, 2.24) is 0 Å². The molecule has 0 aliphatic rings. The van der Waals surface area contributed by atoms with Crippen molar-refractivity contribution in [3.05, 3.63) is 70.3 Å². The minimum Gasteiger partial charge on any atom is -0.388 e. The Bertz CT molecular complexity index is 572. The van der Waals surface area contributed by atoms with Gasteiger partial charge in [-0.2, -0.15) is 0 Å². The van der Waals surface area contributed by atoms with Crippen molar-refractivity contribution in [1.29, 1.82) is 0 Å². The van der Waals surface area contributed by atoms with Crippen LogP contribution >= 0.6 is 0 Å². The van der Waals surface area contributed by atoms with Crippen LogP contribution in [-0.2, 0) is 19.3 Å². The summed E-state index contributed by atoms with van der Waals surface area (Å²) in [4.78, 5) is 0. The van der Waals surface area contributed by atoms with Crippen LogP contribution in [0.4, 0.5) is 0 Å². The minimum atomic E-state index is -0.418. The minimum absolute atomic E-state index is 0.418. The molecule has 0 fully saturated rings. The second kappa shape index (κ2) is 6.71. The van der Waals surface area contributed by atoms with Gasteiger partial charge in [0.05, 0.1) is 6.10 Å². The predicted molar refractivity (Wildman–Crippen MR) is 85.0 cm³/mol. The fraction of sp³-hybridized carbons (Fsp3) is 0.368. The van der Waals surface area contributed by atoms with Gasteiger partial charge >= 0.3 is 0 Å². The molecule has 0 aliphatic carbocycles. The molecule has 1 unspecified atom stereocenters. The summed E-state index contributed by atoms with van der Waals surface area (Å²) in [5, 5.41) is 10.6. The predicted octanol–water partition coefficient (Wildman–Crippen LogP) is 4.40. The van der Waals surface area contributed by atoms with E-state index in [9.17, 15) is 5.11 Å². The zero-order valence-corrected chi connectivity index (χ0v) is 12.7. The van der Waals surface area contributed by atoms with Gasteiger partial charge in [0, 0.05) is 6.42 Å². The second-order valence-corrected chi connectivity index (χ2v) is 5.45. The normalized spacial score (nSPS) is 12.4. The maximum absolute atomic E-state index is 10.6. The average Bonchev–Trinajstić information content (AvgIpc) is 2.46. The van der Waals surface area contributed by atoms with E-state index in [4.69, 9.17) is 0 Å². The largest absolute Gasteiger partial charge is 0.388 e. The number of aryl methyl sites for hydroxylation is 3. The van der Waals surface area contributed by atoms with Crippen molar-refractivity contribution in [2.75, 3.05) is 0 Å². The fourth-order valence-electron chi connectivity index (χ4n) is 2.67. The summed E-state index contributed by atoms with van der Waals surface area (Å²) >= 11 is 0. The summed E-state index contributed by atoms with van der Waals surface area (Å²) in [6, 6.07) is 14.9. The third kappa shape index (κ3) is 3.49. The zero-order valence-electron chi connectivity index (χ0n) is 12.7. The third-order valence-corrected chi connectivity index (χ3v) is 3.87. The molecule has 0 saturated heterocycles. The molecular formula is C19H24O. The Kier molecular flexibility index (Phi) is 4.97. The monoisotopic (exact) mass is 268 g/mol. The van der Waals surface area contributed by atoms with Crippen LogP contribution in [0.15, 0.2) is 42.5 Å². The highest BCUT2D eigenvalue weighted by atomic mass is 16.3. The molecule has 106 valence electrons. The number of rotatable bonds is 5. The van der Waals surface area contributed by atoms with Gasteiger partial charge in [0.2, 0.25) is 0 Å². The van der Waals surface area contributed by atoms with E-state index in [-0.39, 0.29) is 0 Å². The van der Waals surface area contributed by atoms with Gasteiger partial charge < -0.3 is 5.11 Å². The molecule has 0 bridgehead atoms. The average molecular weight is 268 g/mol. The lowest BCUT2D eigenvalue weighted by Gasteiger charge is -2.16. The quantitative estimate of drug-likeness (QED) is 0.852. The van der Waals surface area contributed by atoms with Crippen LogP contribution in [0, 0.1) is 6.92 Å². The van der Waals surface area contributed by atoms with Crippen molar-refractivity contribution in [3.8, 4) is 0 Å². The summed E-state index contributed by atoms with van der Waals surface area (Å²) < 4.78 is 0. The maximum atomic E-state index is 10.6. The molecule has 0 aliphatic heterocycles. The molecule has 2 rings (SSSR count). The highest BCUT2D eigenvalue weighted by Gasteiger charge is 2.13. The molecule has 0 aromatic heterocycles. The van der Waals surface area contributed by atoms with E-state index in [0.717, 1.165) is 18.4 Å². The zero-order chi connectivity index (χ0) is 14.5. The van der Waals surface area contributed by atoms with Crippen molar-refractivity contribution in [2.45, 2.75) is 46.1 Å². The first-order valence-corrected chi connectivity index (χ1v) is 7.49. The smallest absolute Gasteiger partial charge is 0.0833 e. The first-order valence-electron chi connectivity index (χ1n) is 7.49. The van der Waals surface area contributed by atoms with Crippen molar-refractivity contribution in [3.63, 3.8) is 0 Å². The first-order chi connectivity index (χ1) is 9.63. The van der Waals surface area contributed by atoms with E-state index in [1.165, 1.54) is 22.3 Å². The number of hydrogen-bond acceptors (Lipinski definition) is 1. The van der Waals surface area contributed by atoms with Gasteiger partial charge in [-0.25, -0.2) is 0 Å². The van der Waals surface area contributed by atoms with E-state index in [1.807, 2.05) is 0 Å². The lowest BCUT2D eigenvalue weighted by atomic mass is 9.93. The van der Waals surface area contributed by atoms with E-state index in [2.05, 4.69) is 63.2 Å². The SMILES string of the molecule is CCc1ccc(CC)c(C(O)Cc2cccc(C)c2)c1.